The molecule has 7 heteroatoms. The van der Waals surface area contributed by atoms with Crippen molar-refractivity contribution in [2.45, 2.75) is 45.8 Å². The number of halogens is 2. The molecule has 1 unspecified atom stereocenters. The largest absolute Gasteiger partial charge is 0.396 e. The van der Waals surface area contributed by atoms with Crippen LogP contribution in [-0.4, -0.2) is 57.2 Å². The summed E-state index contributed by atoms with van der Waals surface area (Å²) in [6.45, 7) is 8.07. The Morgan fingerprint density at radius 2 is 2.04 bits per heavy atom. The summed E-state index contributed by atoms with van der Waals surface area (Å²) >= 11 is 0. The van der Waals surface area contributed by atoms with E-state index in [-0.39, 0.29) is 12.6 Å². The van der Waals surface area contributed by atoms with Gasteiger partial charge in [0, 0.05) is 57.5 Å². The molecule has 0 bridgehead atoms. The normalized spacial score (nSPS) is 18.9. The number of aliphatic hydroxyl groups is 1. The number of aromatic nitrogens is 2. The third kappa shape index (κ3) is 4.91. The van der Waals surface area contributed by atoms with Gasteiger partial charge in [-0.05, 0) is 31.0 Å². The number of nitrogens with zero attached hydrogens (tertiary/aromatic N) is 3. The molecule has 27 heavy (non-hydrogen) atoms. The van der Waals surface area contributed by atoms with Gasteiger partial charge in [0.2, 0.25) is 0 Å². The van der Waals surface area contributed by atoms with Crippen molar-refractivity contribution < 1.29 is 13.9 Å². The van der Waals surface area contributed by atoms with Crippen molar-refractivity contribution in [1.82, 2.24) is 19.8 Å². The zero-order valence-corrected chi connectivity index (χ0v) is 16.0. The molecule has 0 spiro atoms. The van der Waals surface area contributed by atoms with Crippen molar-refractivity contribution in [3.05, 3.63) is 52.6 Å². The van der Waals surface area contributed by atoms with E-state index in [1.807, 2.05) is 6.92 Å². The van der Waals surface area contributed by atoms with E-state index in [9.17, 15) is 13.9 Å². The van der Waals surface area contributed by atoms with Crippen molar-refractivity contribution in [2.24, 2.45) is 0 Å². The maximum Gasteiger partial charge on any atom is 0.159 e. The predicted molar refractivity (Wildman–Crippen MR) is 100 cm³/mol. The SMILES string of the molecule is CCc1nc(CN2CCN(Cc3ccc(F)c(F)c3)C(CCO)C2)c(C)[nH]1. The van der Waals surface area contributed by atoms with Crippen LogP contribution in [0.3, 0.4) is 0 Å². The van der Waals surface area contributed by atoms with Gasteiger partial charge in [0.25, 0.3) is 0 Å². The zero-order chi connectivity index (χ0) is 19.4. The number of benzene rings is 1. The highest BCUT2D eigenvalue weighted by Gasteiger charge is 2.27. The van der Waals surface area contributed by atoms with Gasteiger partial charge in [-0.15, -0.1) is 0 Å². The van der Waals surface area contributed by atoms with Crippen LogP contribution >= 0.6 is 0 Å². The van der Waals surface area contributed by atoms with Gasteiger partial charge in [-0.25, -0.2) is 13.8 Å². The smallest absolute Gasteiger partial charge is 0.159 e. The first-order valence-electron chi connectivity index (χ1n) is 9.55. The standard InChI is InChI=1S/C20H28F2N4O/c1-3-20-23-14(2)19(24-20)13-25-7-8-26(16(12-25)6-9-27)11-15-4-5-17(21)18(22)10-15/h4-5,10,16,27H,3,6-9,11-13H2,1-2H3,(H,23,24). The average Bonchev–Trinajstić information content (AvgIpc) is 3.00. The van der Waals surface area contributed by atoms with Crippen molar-refractivity contribution in [1.29, 1.82) is 0 Å². The van der Waals surface area contributed by atoms with Gasteiger partial charge in [0.1, 0.15) is 5.82 Å². The summed E-state index contributed by atoms with van der Waals surface area (Å²) in [5.74, 6) is -0.631. The number of piperazine rings is 1. The molecule has 2 N–H and O–H groups in total. The molecule has 0 aliphatic carbocycles. The van der Waals surface area contributed by atoms with Gasteiger partial charge in [-0.2, -0.15) is 0 Å². The summed E-state index contributed by atoms with van der Waals surface area (Å²) in [4.78, 5) is 12.6. The third-order valence-corrected chi connectivity index (χ3v) is 5.26. The van der Waals surface area contributed by atoms with E-state index in [1.165, 1.54) is 12.1 Å². The Bertz CT molecular complexity index is 764. The fraction of sp³-hybridized carbons (Fsp3) is 0.550. The van der Waals surface area contributed by atoms with Crippen molar-refractivity contribution in [2.75, 3.05) is 26.2 Å². The summed E-state index contributed by atoms with van der Waals surface area (Å²) in [7, 11) is 0. The molecule has 1 aliphatic heterocycles. The highest BCUT2D eigenvalue weighted by molar-refractivity contribution is 5.18. The Hall–Kier alpha value is -1.83. The number of H-pyrrole nitrogens is 1. The number of hydrogen-bond acceptors (Lipinski definition) is 4. The second-order valence-corrected chi connectivity index (χ2v) is 7.23. The maximum atomic E-state index is 13.5. The Morgan fingerprint density at radius 1 is 1.22 bits per heavy atom. The molecule has 148 valence electrons. The number of rotatable bonds is 7. The lowest BCUT2D eigenvalue weighted by Crippen LogP contribution is -2.52. The van der Waals surface area contributed by atoms with Gasteiger partial charge in [-0.3, -0.25) is 9.80 Å². The quantitative estimate of drug-likeness (QED) is 0.778. The molecular formula is C20H28F2N4O. The summed E-state index contributed by atoms with van der Waals surface area (Å²) in [6.07, 6.45) is 1.54. The van der Waals surface area contributed by atoms with Crippen LogP contribution in [0.4, 0.5) is 8.78 Å². The van der Waals surface area contributed by atoms with E-state index >= 15 is 0 Å². The van der Waals surface area contributed by atoms with Crippen LogP contribution in [0.2, 0.25) is 0 Å². The molecule has 1 saturated heterocycles. The van der Waals surface area contributed by atoms with Crippen LogP contribution in [0.25, 0.3) is 0 Å². The van der Waals surface area contributed by atoms with Crippen LogP contribution < -0.4 is 0 Å². The first-order chi connectivity index (χ1) is 13.0. The Labute approximate surface area is 159 Å². The lowest BCUT2D eigenvalue weighted by molar-refractivity contribution is 0.0493. The lowest BCUT2D eigenvalue weighted by atomic mass is 10.1. The molecule has 1 aliphatic rings. The minimum Gasteiger partial charge on any atom is -0.396 e. The third-order valence-electron chi connectivity index (χ3n) is 5.26. The minimum atomic E-state index is -0.823. The second kappa shape index (κ2) is 8.91. The molecule has 0 radical (unpaired) electrons. The molecule has 1 aromatic heterocycles. The fourth-order valence-corrected chi connectivity index (χ4v) is 3.70. The molecule has 2 aromatic rings. The molecular weight excluding hydrogens is 350 g/mol. The highest BCUT2D eigenvalue weighted by Crippen LogP contribution is 2.20. The number of hydrogen-bond donors (Lipinski definition) is 2. The zero-order valence-electron chi connectivity index (χ0n) is 16.0. The highest BCUT2D eigenvalue weighted by atomic mass is 19.2. The number of aliphatic hydroxyl groups excluding tert-OH is 1. The topological polar surface area (TPSA) is 55.4 Å². The molecule has 1 aromatic carbocycles. The Kier molecular flexibility index (Phi) is 6.57. The Morgan fingerprint density at radius 3 is 2.70 bits per heavy atom. The van der Waals surface area contributed by atoms with Crippen molar-refractivity contribution in [3.63, 3.8) is 0 Å². The maximum absolute atomic E-state index is 13.5. The monoisotopic (exact) mass is 378 g/mol. The van der Waals surface area contributed by atoms with E-state index < -0.39 is 11.6 Å². The number of aryl methyl sites for hydroxylation is 2. The molecule has 2 heterocycles. The van der Waals surface area contributed by atoms with E-state index in [1.54, 1.807) is 6.07 Å². The molecule has 1 fully saturated rings. The summed E-state index contributed by atoms with van der Waals surface area (Å²) in [6, 6.07) is 4.23. The van der Waals surface area contributed by atoms with Crippen LogP contribution in [0, 0.1) is 18.6 Å². The van der Waals surface area contributed by atoms with Gasteiger partial charge in [0.05, 0.1) is 5.69 Å². The van der Waals surface area contributed by atoms with Gasteiger partial charge >= 0.3 is 0 Å². The fourth-order valence-electron chi connectivity index (χ4n) is 3.70. The number of imidazole rings is 1. The van der Waals surface area contributed by atoms with Gasteiger partial charge in [-0.1, -0.05) is 13.0 Å². The van der Waals surface area contributed by atoms with E-state index in [0.29, 0.717) is 13.0 Å². The van der Waals surface area contributed by atoms with Crippen LogP contribution in [0.5, 0.6) is 0 Å². The summed E-state index contributed by atoms with van der Waals surface area (Å²) in [5, 5.41) is 9.47. The second-order valence-electron chi connectivity index (χ2n) is 7.23. The molecule has 3 rings (SSSR count). The van der Waals surface area contributed by atoms with Crippen molar-refractivity contribution in [3.8, 4) is 0 Å². The van der Waals surface area contributed by atoms with Gasteiger partial charge in [0.15, 0.2) is 11.6 Å². The van der Waals surface area contributed by atoms with Crippen LogP contribution in [0.15, 0.2) is 18.2 Å². The average molecular weight is 378 g/mol. The van der Waals surface area contributed by atoms with E-state index in [0.717, 1.165) is 55.4 Å². The molecule has 0 saturated carbocycles. The molecule has 0 amide bonds. The van der Waals surface area contributed by atoms with E-state index in [2.05, 4.69) is 26.7 Å². The lowest BCUT2D eigenvalue weighted by Gasteiger charge is -2.41. The summed E-state index contributed by atoms with van der Waals surface area (Å²) < 4.78 is 26.7. The predicted octanol–water partition coefficient (Wildman–Crippen LogP) is 2.63. The number of nitrogens with one attached hydrogen (secondary N) is 1. The first kappa shape index (κ1) is 19.9. The number of aromatic amines is 1. The van der Waals surface area contributed by atoms with Gasteiger partial charge < -0.3 is 10.1 Å². The summed E-state index contributed by atoms with van der Waals surface area (Å²) in [5.41, 5.74) is 2.93. The first-order valence-corrected chi connectivity index (χ1v) is 9.55. The van der Waals surface area contributed by atoms with Crippen molar-refractivity contribution >= 4 is 0 Å². The Balaban J connectivity index is 1.65. The van der Waals surface area contributed by atoms with Crippen LogP contribution in [0.1, 0.15) is 36.1 Å². The van der Waals surface area contributed by atoms with Crippen LogP contribution in [-0.2, 0) is 19.5 Å². The van der Waals surface area contributed by atoms with E-state index in [4.69, 9.17) is 0 Å². The molecule has 5 nitrogen and oxygen atoms in total. The molecule has 1 atom stereocenters. The minimum absolute atomic E-state index is 0.105.